The SMILES string of the molecule is CCOC(=O)C=C1CC2(CCC2)C1. The summed E-state index contributed by atoms with van der Waals surface area (Å²) in [6.07, 6.45) is 8.09. The van der Waals surface area contributed by atoms with Crippen LogP contribution in [0.25, 0.3) is 0 Å². The van der Waals surface area contributed by atoms with E-state index < -0.39 is 0 Å². The summed E-state index contributed by atoms with van der Waals surface area (Å²) >= 11 is 0. The number of hydrogen-bond donors (Lipinski definition) is 0. The van der Waals surface area contributed by atoms with Gasteiger partial charge in [0.1, 0.15) is 0 Å². The maximum absolute atomic E-state index is 11.1. The standard InChI is InChI=1S/C11H16O2/c1-2-13-10(12)6-9-7-11(8-9)4-3-5-11/h6H,2-5,7-8H2,1H3. The van der Waals surface area contributed by atoms with Crippen LogP contribution in [-0.2, 0) is 9.53 Å². The second kappa shape index (κ2) is 3.17. The molecule has 0 aromatic carbocycles. The van der Waals surface area contributed by atoms with Gasteiger partial charge in [0.2, 0.25) is 0 Å². The third-order valence-electron chi connectivity index (χ3n) is 3.23. The van der Waals surface area contributed by atoms with Crippen molar-refractivity contribution in [2.24, 2.45) is 5.41 Å². The summed E-state index contributed by atoms with van der Waals surface area (Å²) in [6.45, 7) is 2.32. The first-order valence-electron chi connectivity index (χ1n) is 5.10. The van der Waals surface area contributed by atoms with Gasteiger partial charge in [0.15, 0.2) is 0 Å². The van der Waals surface area contributed by atoms with Gasteiger partial charge in [0.25, 0.3) is 0 Å². The minimum atomic E-state index is -0.160. The van der Waals surface area contributed by atoms with Crippen molar-refractivity contribution in [1.29, 1.82) is 0 Å². The molecule has 2 aliphatic carbocycles. The number of carbonyl (C=O) groups is 1. The molecule has 13 heavy (non-hydrogen) atoms. The van der Waals surface area contributed by atoms with Crippen molar-refractivity contribution in [3.8, 4) is 0 Å². The maximum Gasteiger partial charge on any atom is 0.330 e. The van der Waals surface area contributed by atoms with E-state index in [1.807, 2.05) is 6.92 Å². The van der Waals surface area contributed by atoms with Crippen LogP contribution in [0.1, 0.15) is 39.0 Å². The van der Waals surface area contributed by atoms with E-state index in [1.165, 1.54) is 24.8 Å². The Labute approximate surface area is 79.0 Å². The van der Waals surface area contributed by atoms with Crippen LogP contribution in [0.2, 0.25) is 0 Å². The van der Waals surface area contributed by atoms with Gasteiger partial charge < -0.3 is 4.74 Å². The fourth-order valence-corrected chi connectivity index (χ4v) is 2.39. The zero-order valence-electron chi connectivity index (χ0n) is 8.14. The molecular formula is C11H16O2. The molecule has 2 saturated carbocycles. The Morgan fingerprint density at radius 1 is 1.54 bits per heavy atom. The van der Waals surface area contributed by atoms with Gasteiger partial charge in [0.05, 0.1) is 6.61 Å². The molecule has 2 fully saturated rings. The van der Waals surface area contributed by atoms with E-state index in [4.69, 9.17) is 4.74 Å². The lowest BCUT2D eigenvalue weighted by molar-refractivity contribution is -0.137. The summed E-state index contributed by atoms with van der Waals surface area (Å²) in [5, 5.41) is 0. The van der Waals surface area contributed by atoms with E-state index >= 15 is 0 Å². The molecule has 2 rings (SSSR count). The third-order valence-corrected chi connectivity index (χ3v) is 3.23. The van der Waals surface area contributed by atoms with Crippen molar-refractivity contribution in [2.75, 3.05) is 6.61 Å². The normalized spacial score (nSPS) is 23.3. The average molecular weight is 180 g/mol. The maximum atomic E-state index is 11.1. The molecule has 0 heterocycles. The average Bonchev–Trinajstić information content (AvgIpc) is 1.92. The number of allylic oxidation sites excluding steroid dienone is 1. The van der Waals surface area contributed by atoms with Crippen LogP contribution in [0.15, 0.2) is 11.6 Å². The van der Waals surface area contributed by atoms with Crippen LogP contribution in [0.3, 0.4) is 0 Å². The summed E-state index contributed by atoms with van der Waals surface area (Å²) in [7, 11) is 0. The lowest BCUT2D eigenvalue weighted by Gasteiger charge is -2.51. The van der Waals surface area contributed by atoms with E-state index in [2.05, 4.69) is 0 Å². The number of ether oxygens (including phenoxy) is 1. The van der Waals surface area contributed by atoms with Crippen LogP contribution in [0.5, 0.6) is 0 Å². The first kappa shape index (κ1) is 8.79. The van der Waals surface area contributed by atoms with Gasteiger partial charge in [0, 0.05) is 6.08 Å². The summed E-state index contributed by atoms with van der Waals surface area (Å²) in [6, 6.07) is 0. The predicted octanol–water partition coefficient (Wildman–Crippen LogP) is 2.44. The van der Waals surface area contributed by atoms with Gasteiger partial charge in [-0.15, -0.1) is 0 Å². The second-order valence-electron chi connectivity index (χ2n) is 4.26. The molecule has 0 amide bonds. The Balaban J connectivity index is 1.81. The molecule has 2 nitrogen and oxygen atoms in total. The highest BCUT2D eigenvalue weighted by Gasteiger charge is 2.45. The minimum Gasteiger partial charge on any atom is -0.463 e. The second-order valence-corrected chi connectivity index (χ2v) is 4.26. The van der Waals surface area contributed by atoms with Gasteiger partial charge >= 0.3 is 5.97 Å². The minimum absolute atomic E-state index is 0.160. The highest BCUT2D eigenvalue weighted by atomic mass is 16.5. The molecule has 0 saturated heterocycles. The zero-order valence-corrected chi connectivity index (χ0v) is 8.14. The van der Waals surface area contributed by atoms with Crippen molar-refractivity contribution in [3.05, 3.63) is 11.6 Å². The van der Waals surface area contributed by atoms with Gasteiger partial charge in [-0.2, -0.15) is 0 Å². The van der Waals surface area contributed by atoms with E-state index in [0.29, 0.717) is 12.0 Å². The summed E-state index contributed by atoms with van der Waals surface area (Å²) < 4.78 is 4.85. The topological polar surface area (TPSA) is 26.3 Å². The van der Waals surface area contributed by atoms with Crippen molar-refractivity contribution in [2.45, 2.75) is 39.0 Å². The summed E-state index contributed by atoms with van der Waals surface area (Å²) in [5.74, 6) is -0.160. The lowest BCUT2D eigenvalue weighted by Crippen LogP contribution is -2.38. The zero-order chi connectivity index (χ0) is 9.31. The molecule has 72 valence electrons. The number of esters is 1. The van der Waals surface area contributed by atoms with E-state index in [0.717, 1.165) is 12.8 Å². The largest absolute Gasteiger partial charge is 0.463 e. The van der Waals surface area contributed by atoms with Crippen LogP contribution < -0.4 is 0 Å². The van der Waals surface area contributed by atoms with Crippen molar-refractivity contribution in [1.82, 2.24) is 0 Å². The first-order chi connectivity index (χ1) is 6.24. The Hall–Kier alpha value is -0.790. The number of hydrogen-bond acceptors (Lipinski definition) is 2. The molecule has 0 aromatic rings. The molecule has 0 unspecified atom stereocenters. The van der Waals surface area contributed by atoms with Gasteiger partial charge in [-0.1, -0.05) is 12.0 Å². The first-order valence-corrected chi connectivity index (χ1v) is 5.10. The Bertz CT molecular complexity index is 239. The van der Waals surface area contributed by atoms with Gasteiger partial charge in [-0.05, 0) is 38.0 Å². The smallest absolute Gasteiger partial charge is 0.330 e. The monoisotopic (exact) mass is 180 g/mol. The Kier molecular flexibility index (Phi) is 2.14. The predicted molar refractivity (Wildman–Crippen MR) is 50.2 cm³/mol. The molecule has 0 N–H and O–H groups in total. The van der Waals surface area contributed by atoms with Crippen LogP contribution in [-0.4, -0.2) is 12.6 Å². The fraction of sp³-hybridized carbons (Fsp3) is 0.727. The molecule has 0 radical (unpaired) electrons. The van der Waals surface area contributed by atoms with Crippen molar-refractivity contribution < 1.29 is 9.53 Å². The van der Waals surface area contributed by atoms with Crippen LogP contribution >= 0.6 is 0 Å². The summed E-state index contributed by atoms with van der Waals surface area (Å²) in [5.41, 5.74) is 1.91. The Morgan fingerprint density at radius 3 is 2.69 bits per heavy atom. The van der Waals surface area contributed by atoms with Crippen LogP contribution in [0.4, 0.5) is 0 Å². The highest BCUT2D eigenvalue weighted by Crippen LogP contribution is 2.58. The van der Waals surface area contributed by atoms with E-state index in [-0.39, 0.29) is 5.97 Å². The van der Waals surface area contributed by atoms with E-state index in [1.54, 1.807) is 6.08 Å². The molecule has 0 atom stereocenters. The lowest BCUT2D eigenvalue weighted by atomic mass is 9.54. The quantitative estimate of drug-likeness (QED) is 0.482. The molecule has 2 aliphatic rings. The highest BCUT2D eigenvalue weighted by molar-refractivity contribution is 5.83. The molecule has 1 spiro atoms. The molecule has 0 aromatic heterocycles. The van der Waals surface area contributed by atoms with Crippen LogP contribution in [0, 0.1) is 5.41 Å². The third kappa shape index (κ3) is 1.62. The molecule has 2 heteroatoms. The Morgan fingerprint density at radius 2 is 2.23 bits per heavy atom. The fourth-order valence-electron chi connectivity index (χ4n) is 2.39. The van der Waals surface area contributed by atoms with E-state index in [9.17, 15) is 4.79 Å². The molecular weight excluding hydrogens is 164 g/mol. The number of rotatable bonds is 2. The summed E-state index contributed by atoms with van der Waals surface area (Å²) in [4.78, 5) is 11.1. The van der Waals surface area contributed by atoms with Crippen molar-refractivity contribution >= 4 is 5.97 Å². The molecule has 0 bridgehead atoms. The molecule has 0 aliphatic heterocycles. The van der Waals surface area contributed by atoms with Gasteiger partial charge in [-0.25, -0.2) is 4.79 Å². The van der Waals surface area contributed by atoms with Crippen molar-refractivity contribution in [3.63, 3.8) is 0 Å². The van der Waals surface area contributed by atoms with Gasteiger partial charge in [-0.3, -0.25) is 0 Å². The number of carbonyl (C=O) groups excluding carboxylic acids is 1.